The summed E-state index contributed by atoms with van der Waals surface area (Å²) in [6, 6.07) is 4.07. The molecule has 0 aliphatic carbocycles. The summed E-state index contributed by atoms with van der Waals surface area (Å²) >= 11 is 7.39. The minimum atomic E-state index is -0.508. The second-order valence-corrected chi connectivity index (χ2v) is 9.21. The lowest BCUT2D eigenvalue weighted by molar-refractivity contribution is -0.138. The number of hydrogen-bond acceptors (Lipinski definition) is 7. The number of esters is 1. The van der Waals surface area contributed by atoms with E-state index in [1.54, 1.807) is 36.6 Å². The molecule has 176 valence electrons. The molecule has 4 rings (SSSR count). The highest BCUT2D eigenvalue weighted by Gasteiger charge is 2.30. The second kappa shape index (κ2) is 10.1. The lowest BCUT2D eigenvalue weighted by Gasteiger charge is -2.26. The summed E-state index contributed by atoms with van der Waals surface area (Å²) < 4.78 is 12.5. The van der Waals surface area contributed by atoms with Crippen LogP contribution in [0.4, 0.5) is 4.79 Å². The smallest absolute Gasteiger partial charge is 0.337 e. The molecule has 0 radical (unpaired) electrons. The number of nitrogens with zero attached hydrogens (tertiary/aromatic N) is 2. The van der Waals surface area contributed by atoms with Crippen molar-refractivity contribution in [2.45, 2.75) is 50.5 Å². The summed E-state index contributed by atoms with van der Waals surface area (Å²) in [5, 5.41) is 6.79. The molecule has 2 aliphatic heterocycles. The SMILES string of the molecule is CCOC(=O)C1=C(CSc2nc3cc(Cl)ccc3c(=O)n2C[C@H]2CCCO2)NC(=O)N[C@H]1C. The van der Waals surface area contributed by atoms with Crippen molar-refractivity contribution in [1.82, 2.24) is 20.2 Å². The number of carbonyl (C=O) groups excluding carboxylic acids is 2. The summed E-state index contributed by atoms with van der Waals surface area (Å²) in [7, 11) is 0. The Balaban J connectivity index is 1.71. The molecule has 1 aromatic heterocycles. The number of fused-ring (bicyclic) bond motifs is 1. The molecule has 33 heavy (non-hydrogen) atoms. The van der Waals surface area contributed by atoms with Crippen molar-refractivity contribution in [3.8, 4) is 0 Å². The van der Waals surface area contributed by atoms with Crippen LogP contribution in [0.1, 0.15) is 26.7 Å². The van der Waals surface area contributed by atoms with Crippen molar-refractivity contribution < 1.29 is 19.1 Å². The molecule has 2 N–H and O–H groups in total. The zero-order chi connectivity index (χ0) is 23.5. The molecule has 0 bridgehead atoms. The highest BCUT2D eigenvalue weighted by atomic mass is 35.5. The Morgan fingerprint density at radius 3 is 2.94 bits per heavy atom. The van der Waals surface area contributed by atoms with E-state index in [2.05, 4.69) is 15.6 Å². The summed E-state index contributed by atoms with van der Waals surface area (Å²) in [6.07, 6.45) is 1.75. The van der Waals surface area contributed by atoms with E-state index in [0.717, 1.165) is 12.8 Å². The molecule has 0 unspecified atom stereocenters. The van der Waals surface area contributed by atoms with Crippen LogP contribution in [0.15, 0.2) is 39.4 Å². The number of benzene rings is 1. The van der Waals surface area contributed by atoms with E-state index in [9.17, 15) is 14.4 Å². The van der Waals surface area contributed by atoms with Gasteiger partial charge in [-0.15, -0.1) is 0 Å². The van der Waals surface area contributed by atoms with Gasteiger partial charge < -0.3 is 20.1 Å². The van der Waals surface area contributed by atoms with Crippen LogP contribution >= 0.6 is 23.4 Å². The third-order valence-electron chi connectivity index (χ3n) is 5.50. The number of carbonyl (C=O) groups is 2. The van der Waals surface area contributed by atoms with Crippen LogP contribution in [0.25, 0.3) is 10.9 Å². The molecule has 11 heteroatoms. The number of ether oxygens (including phenoxy) is 2. The van der Waals surface area contributed by atoms with Crippen LogP contribution in [-0.2, 0) is 20.8 Å². The Morgan fingerprint density at radius 2 is 2.21 bits per heavy atom. The molecule has 0 saturated carbocycles. The molecule has 2 aliphatic rings. The van der Waals surface area contributed by atoms with E-state index < -0.39 is 18.0 Å². The summed E-state index contributed by atoms with van der Waals surface area (Å²) in [4.78, 5) is 42.6. The monoisotopic (exact) mass is 492 g/mol. The van der Waals surface area contributed by atoms with Crippen molar-refractivity contribution in [2.75, 3.05) is 19.0 Å². The molecular weight excluding hydrogens is 468 g/mol. The zero-order valence-corrected chi connectivity index (χ0v) is 19.9. The second-order valence-electron chi connectivity index (χ2n) is 7.83. The van der Waals surface area contributed by atoms with Crippen molar-refractivity contribution in [3.63, 3.8) is 0 Å². The molecule has 3 heterocycles. The van der Waals surface area contributed by atoms with Gasteiger partial charge in [-0.2, -0.15) is 0 Å². The Bertz CT molecular complexity index is 1180. The molecule has 1 saturated heterocycles. The highest BCUT2D eigenvalue weighted by molar-refractivity contribution is 7.99. The van der Waals surface area contributed by atoms with Crippen LogP contribution in [-0.4, -0.2) is 52.7 Å². The number of thioether (sulfide) groups is 1. The number of nitrogens with one attached hydrogen (secondary N) is 2. The average molecular weight is 493 g/mol. The van der Waals surface area contributed by atoms with Crippen LogP contribution in [0.3, 0.4) is 0 Å². The molecule has 2 aromatic rings. The number of urea groups is 1. The van der Waals surface area contributed by atoms with Gasteiger partial charge >= 0.3 is 12.0 Å². The van der Waals surface area contributed by atoms with Crippen LogP contribution in [0, 0.1) is 0 Å². The van der Waals surface area contributed by atoms with E-state index in [-0.39, 0.29) is 24.0 Å². The molecule has 2 amide bonds. The van der Waals surface area contributed by atoms with Gasteiger partial charge in [0.2, 0.25) is 0 Å². The van der Waals surface area contributed by atoms with Gasteiger partial charge in [-0.3, -0.25) is 9.36 Å². The summed E-state index contributed by atoms with van der Waals surface area (Å²) in [5.41, 5.74) is 1.08. The van der Waals surface area contributed by atoms with E-state index in [4.69, 9.17) is 21.1 Å². The van der Waals surface area contributed by atoms with Gasteiger partial charge in [-0.05, 0) is 44.9 Å². The normalized spacial score (nSPS) is 20.6. The molecule has 9 nitrogen and oxygen atoms in total. The number of halogens is 1. The van der Waals surface area contributed by atoms with Crippen LogP contribution in [0.2, 0.25) is 5.02 Å². The van der Waals surface area contributed by atoms with Gasteiger partial charge in [0.25, 0.3) is 5.56 Å². The maximum absolute atomic E-state index is 13.3. The highest BCUT2D eigenvalue weighted by Crippen LogP contribution is 2.26. The van der Waals surface area contributed by atoms with E-state index in [1.807, 2.05) is 0 Å². The Labute approximate surface area is 199 Å². The third-order valence-corrected chi connectivity index (χ3v) is 6.74. The van der Waals surface area contributed by atoms with E-state index in [1.165, 1.54) is 11.8 Å². The zero-order valence-electron chi connectivity index (χ0n) is 18.4. The van der Waals surface area contributed by atoms with Gasteiger partial charge in [0.1, 0.15) is 0 Å². The Morgan fingerprint density at radius 1 is 1.39 bits per heavy atom. The van der Waals surface area contributed by atoms with E-state index in [0.29, 0.717) is 45.5 Å². The minimum Gasteiger partial charge on any atom is -0.463 e. The first kappa shape index (κ1) is 23.6. The molecule has 1 fully saturated rings. The fraction of sp³-hybridized carbons (Fsp3) is 0.455. The lowest BCUT2D eigenvalue weighted by Crippen LogP contribution is -2.49. The fourth-order valence-corrected chi connectivity index (χ4v) is 5.11. The molecule has 2 atom stereocenters. The van der Waals surface area contributed by atoms with Crippen LogP contribution in [0.5, 0.6) is 0 Å². The summed E-state index contributed by atoms with van der Waals surface area (Å²) in [5.74, 6) is -0.279. The summed E-state index contributed by atoms with van der Waals surface area (Å²) in [6.45, 7) is 4.71. The van der Waals surface area contributed by atoms with Gasteiger partial charge in [-0.25, -0.2) is 14.6 Å². The van der Waals surface area contributed by atoms with Crippen molar-refractivity contribution >= 4 is 46.3 Å². The lowest BCUT2D eigenvalue weighted by atomic mass is 10.1. The fourth-order valence-electron chi connectivity index (χ4n) is 3.97. The Kier molecular flexibility index (Phi) is 7.26. The van der Waals surface area contributed by atoms with Crippen molar-refractivity contribution in [1.29, 1.82) is 0 Å². The first-order valence-electron chi connectivity index (χ1n) is 10.8. The van der Waals surface area contributed by atoms with Gasteiger partial charge in [0.05, 0.1) is 41.8 Å². The maximum Gasteiger partial charge on any atom is 0.337 e. The quantitative estimate of drug-likeness (QED) is 0.347. The number of hydrogen-bond donors (Lipinski definition) is 2. The predicted molar refractivity (Wildman–Crippen MR) is 125 cm³/mol. The van der Waals surface area contributed by atoms with Crippen molar-refractivity contribution in [2.24, 2.45) is 0 Å². The number of rotatable bonds is 7. The first-order chi connectivity index (χ1) is 15.9. The molecular formula is C22H25ClN4O5S. The molecule has 1 aromatic carbocycles. The predicted octanol–water partition coefficient (Wildman–Crippen LogP) is 2.84. The van der Waals surface area contributed by atoms with Gasteiger partial charge in [0, 0.05) is 23.1 Å². The number of amides is 2. The van der Waals surface area contributed by atoms with Crippen LogP contribution < -0.4 is 16.2 Å². The molecule has 0 spiro atoms. The van der Waals surface area contributed by atoms with Gasteiger partial charge in [0.15, 0.2) is 5.16 Å². The van der Waals surface area contributed by atoms with Gasteiger partial charge in [-0.1, -0.05) is 23.4 Å². The van der Waals surface area contributed by atoms with E-state index >= 15 is 0 Å². The Hall–Kier alpha value is -2.56. The third kappa shape index (κ3) is 5.18. The topological polar surface area (TPSA) is 112 Å². The first-order valence-corrected chi connectivity index (χ1v) is 12.2. The standard InChI is InChI=1S/C22H25ClN4O5S/c1-3-31-20(29)18-12(2)24-21(30)25-17(18)11-33-22-26-16-9-13(23)6-7-15(16)19(28)27(22)10-14-5-4-8-32-14/h6-7,9,12,14H,3-5,8,10-11H2,1-2H3,(H2,24,25,30)/t12-,14+/m0/s1. The largest absolute Gasteiger partial charge is 0.463 e. The number of aromatic nitrogens is 2. The van der Waals surface area contributed by atoms with Crippen molar-refractivity contribution in [3.05, 3.63) is 44.8 Å². The maximum atomic E-state index is 13.3. The average Bonchev–Trinajstić information content (AvgIpc) is 3.27. The minimum absolute atomic E-state index is 0.0680.